The molecule has 7 nitrogen and oxygen atoms in total. The third kappa shape index (κ3) is 3.73. The van der Waals surface area contributed by atoms with E-state index in [9.17, 15) is 14.7 Å². The van der Waals surface area contributed by atoms with Crippen molar-refractivity contribution in [2.45, 2.75) is 13.8 Å². The minimum Gasteiger partial charge on any atom is -0.505 e. The Labute approximate surface area is 155 Å². The molecular weight excluding hydrogens is 348 g/mol. The Morgan fingerprint density at radius 1 is 1.11 bits per heavy atom. The largest absolute Gasteiger partial charge is 0.505 e. The molecule has 2 aromatic carbocycles. The number of nitrogens with zero attached hydrogens (tertiary/aromatic N) is 1. The molecule has 3 aromatic rings. The Hall–Kier alpha value is -3.45. The second kappa shape index (κ2) is 7.43. The SMILES string of the molecule is Cc1nc(C(=O)OC(=O)CN)c(O)c2c(C)cc(Oc3ccccc3)cc12. The Kier molecular flexibility index (Phi) is 5.05. The van der Waals surface area contributed by atoms with Crippen LogP contribution in [0.5, 0.6) is 17.2 Å². The molecule has 1 heterocycles. The van der Waals surface area contributed by atoms with Gasteiger partial charge in [-0.25, -0.2) is 9.78 Å². The lowest BCUT2D eigenvalue weighted by molar-refractivity contribution is -0.136. The molecule has 7 heteroatoms. The van der Waals surface area contributed by atoms with E-state index >= 15 is 0 Å². The van der Waals surface area contributed by atoms with Crippen LogP contribution in [0.2, 0.25) is 0 Å². The minimum absolute atomic E-state index is 0.332. The molecule has 0 saturated heterocycles. The maximum absolute atomic E-state index is 12.1. The van der Waals surface area contributed by atoms with Gasteiger partial charge in [0.2, 0.25) is 0 Å². The summed E-state index contributed by atoms with van der Waals surface area (Å²) in [7, 11) is 0. The summed E-state index contributed by atoms with van der Waals surface area (Å²) in [6.45, 7) is 3.02. The first-order valence-corrected chi connectivity index (χ1v) is 8.22. The molecule has 138 valence electrons. The average molecular weight is 366 g/mol. The Balaban J connectivity index is 2.07. The van der Waals surface area contributed by atoms with E-state index < -0.39 is 18.5 Å². The fourth-order valence-electron chi connectivity index (χ4n) is 2.77. The van der Waals surface area contributed by atoms with Gasteiger partial charge < -0.3 is 20.3 Å². The number of fused-ring (bicyclic) bond motifs is 1. The Bertz CT molecular complexity index is 1030. The van der Waals surface area contributed by atoms with Gasteiger partial charge in [0.1, 0.15) is 11.5 Å². The fourth-order valence-corrected chi connectivity index (χ4v) is 2.77. The Morgan fingerprint density at radius 3 is 2.48 bits per heavy atom. The van der Waals surface area contributed by atoms with Crippen LogP contribution in [0.4, 0.5) is 0 Å². The molecule has 0 spiro atoms. The van der Waals surface area contributed by atoms with E-state index in [2.05, 4.69) is 9.72 Å². The van der Waals surface area contributed by atoms with Crippen molar-refractivity contribution < 1.29 is 24.2 Å². The molecule has 0 amide bonds. The first-order chi connectivity index (χ1) is 12.9. The topological polar surface area (TPSA) is 112 Å². The number of esters is 2. The van der Waals surface area contributed by atoms with Crippen LogP contribution < -0.4 is 10.5 Å². The third-order valence-corrected chi connectivity index (χ3v) is 3.98. The number of benzene rings is 2. The van der Waals surface area contributed by atoms with Crippen LogP contribution in [-0.4, -0.2) is 28.6 Å². The van der Waals surface area contributed by atoms with Crippen LogP contribution in [-0.2, 0) is 9.53 Å². The van der Waals surface area contributed by atoms with Gasteiger partial charge in [-0.15, -0.1) is 0 Å². The monoisotopic (exact) mass is 366 g/mol. The average Bonchev–Trinajstić information content (AvgIpc) is 2.64. The van der Waals surface area contributed by atoms with Crippen molar-refractivity contribution in [1.29, 1.82) is 0 Å². The summed E-state index contributed by atoms with van der Waals surface area (Å²) in [5.41, 5.74) is 5.97. The maximum Gasteiger partial charge on any atom is 0.368 e. The molecule has 0 aliphatic rings. The predicted molar refractivity (Wildman–Crippen MR) is 98.9 cm³/mol. The molecule has 0 radical (unpaired) electrons. The van der Waals surface area contributed by atoms with Crippen LogP contribution in [0.15, 0.2) is 42.5 Å². The van der Waals surface area contributed by atoms with E-state index in [0.29, 0.717) is 33.5 Å². The number of carbonyl (C=O) groups is 2. The second-order valence-electron chi connectivity index (χ2n) is 5.94. The zero-order valence-corrected chi connectivity index (χ0v) is 14.9. The van der Waals surface area contributed by atoms with Crippen molar-refractivity contribution in [3.63, 3.8) is 0 Å². The van der Waals surface area contributed by atoms with Gasteiger partial charge in [-0.1, -0.05) is 18.2 Å². The van der Waals surface area contributed by atoms with Gasteiger partial charge in [-0.05, 0) is 43.7 Å². The number of rotatable bonds is 4. The standard InChI is InChI=1S/C20H18N2O5/c1-11-8-14(26-13-6-4-3-5-7-13)9-15-12(2)22-18(19(24)17(11)15)20(25)27-16(23)10-21/h3-9,24H,10,21H2,1-2H3. The van der Waals surface area contributed by atoms with E-state index in [1.807, 2.05) is 30.3 Å². The van der Waals surface area contributed by atoms with Gasteiger partial charge in [0.15, 0.2) is 11.4 Å². The lowest BCUT2D eigenvalue weighted by Gasteiger charge is -2.13. The number of aryl methyl sites for hydroxylation is 2. The third-order valence-electron chi connectivity index (χ3n) is 3.98. The molecule has 0 fully saturated rings. The summed E-state index contributed by atoms with van der Waals surface area (Å²) in [4.78, 5) is 27.5. The minimum atomic E-state index is -1.04. The summed E-state index contributed by atoms with van der Waals surface area (Å²) in [6.07, 6.45) is 0. The second-order valence-corrected chi connectivity index (χ2v) is 5.94. The van der Waals surface area contributed by atoms with Crippen molar-refractivity contribution in [3.05, 3.63) is 59.4 Å². The molecule has 1 aromatic heterocycles. The highest BCUT2D eigenvalue weighted by Crippen LogP contribution is 2.36. The predicted octanol–water partition coefficient (Wildman–Crippen LogP) is 2.99. The first-order valence-electron chi connectivity index (χ1n) is 8.22. The van der Waals surface area contributed by atoms with Crippen LogP contribution in [0.1, 0.15) is 21.7 Å². The van der Waals surface area contributed by atoms with Crippen molar-refractivity contribution in [3.8, 4) is 17.2 Å². The Morgan fingerprint density at radius 2 is 1.81 bits per heavy atom. The number of hydrogen-bond donors (Lipinski definition) is 2. The smallest absolute Gasteiger partial charge is 0.368 e. The molecule has 0 aliphatic heterocycles. The summed E-state index contributed by atoms with van der Waals surface area (Å²) >= 11 is 0. The van der Waals surface area contributed by atoms with Gasteiger partial charge in [0, 0.05) is 16.5 Å². The van der Waals surface area contributed by atoms with Crippen LogP contribution in [0.3, 0.4) is 0 Å². The highest BCUT2D eigenvalue weighted by atomic mass is 16.6. The normalized spacial score (nSPS) is 10.6. The molecule has 0 aliphatic carbocycles. The van der Waals surface area contributed by atoms with E-state index in [4.69, 9.17) is 10.5 Å². The van der Waals surface area contributed by atoms with Crippen molar-refractivity contribution in [2.24, 2.45) is 5.73 Å². The first kappa shape index (κ1) is 18.3. The lowest BCUT2D eigenvalue weighted by atomic mass is 10.0. The number of para-hydroxylation sites is 1. The van der Waals surface area contributed by atoms with Crippen LogP contribution in [0.25, 0.3) is 10.8 Å². The quantitative estimate of drug-likeness (QED) is 0.539. The molecule has 0 bridgehead atoms. The molecule has 3 rings (SSSR count). The summed E-state index contributed by atoms with van der Waals surface area (Å²) in [6, 6.07) is 12.8. The van der Waals surface area contributed by atoms with Gasteiger partial charge >= 0.3 is 11.9 Å². The lowest BCUT2D eigenvalue weighted by Crippen LogP contribution is -2.21. The number of ether oxygens (including phenoxy) is 2. The van der Waals surface area contributed by atoms with Crippen molar-refractivity contribution in [2.75, 3.05) is 6.54 Å². The molecule has 3 N–H and O–H groups in total. The number of aromatic nitrogens is 1. The molecular formula is C20H18N2O5. The van der Waals surface area contributed by atoms with Gasteiger partial charge in [-0.3, -0.25) is 4.79 Å². The zero-order chi connectivity index (χ0) is 19.6. The molecule has 0 unspecified atom stereocenters. The van der Waals surface area contributed by atoms with Gasteiger partial charge in [0.25, 0.3) is 0 Å². The number of pyridine rings is 1. The van der Waals surface area contributed by atoms with E-state index in [1.165, 1.54) is 0 Å². The molecule has 0 saturated carbocycles. The van der Waals surface area contributed by atoms with Crippen molar-refractivity contribution >= 4 is 22.7 Å². The summed E-state index contributed by atoms with van der Waals surface area (Å²) in [5, 5.41) is 11.6. The van der Waals surface area contributed by atoms with Gasteiger partial charge in [0.05, 0.1) is 6.54 Å². The van der Waals surface area contributed by atoms with Crippen LogP contribution >= 0.6 is 0 Å². The fraction of sp³-hybridized carbons (Fsp3) is 0.150. The summed E-state index contributed by atoms with van der Waals surface area (Å²) in [5.74, 6) is -1.05. The van der Waals surface area contributed by atoms with Crippen molar-refractivity contribution in [1.82, 2.24) is 4.98 Å². The van der Waals surface area contributed by atoms with E-state index in [1.54, 1.807) is 26.0 Å². The molecule has 27 heavy (non-hydrogen) atoms. The summed E-state index contributed by atoms with van der Waals surface area (Å²) < 4.78 is 10.4. The van der Waals surface area contributed by atoms with E-state index in [-0.39, 0.29) is 11.4 Å². The van der Waals surface area contributed by atoms with Crippen LogP contribution in [0, 0.1) is 13.8 Å². The number of aromatic hydroxyl groups is 1. The highest BCUT2D eigenvalue weighted by Gasteiger charge is 2.22. The zero-order valence-electron chi connectivity index (χ0n) is 14.9. The number of carbonyl (C=O) groups excluding carboxylic acids is 2. The number of hydrogen-bond acceptors (Lipinski definition) is 7. The van der Waals surface area contributed by atoms with Gasteiger partial charge in [-0.2, -0.15) is 0 Å². The molecule has 0 atom stereocenters. The number of nitrogens with two attached hydrogens (primary N) is 1. The highest BCUT2D eigenvalue weighted by molar-refractivity contribution is 6.04. The van der Waals surface area contributed by atoms with E-state index in [0.717, 1.165) is 0 Å². The maximum atomic E-state index is 12.1.